The van der Waals surface area contributed by atoms with Gasteiger partial charge in [-0.3, -0.25) is 0 Å². The predicted molar refractivity (Wildman–Crippen MR) is 73.4 cm³/mol. The second-order valence-electron chi connectivity index (χ2n) is 8.73. The van der Waals surface area contributed by atoms with E-state index in [-0.39, 0.29) is 17.8 Å². The summed E-state index contributed by atoms with van der Waals surface area (Å²) in [5.74, 6) is 4.11. The number of fused-ring (bicyclic) bond motifs is 9. The second kappa shape index (κ2) is 4.18. The van der Waals surface area contributed by atoms with Crippen LogP contribution >= 0.6 is 0 Å². The highest BCUT2D eigenvalue weighted by Crippen LogP contribution is 2.75. The standard InChI is InChI=1S/C17H25F3O/c1-16(2)11-6-10(7-12(21)17(18,19)20)15(16)14-9-4-3-8(5-9)13(11)14/h8-15,21H,3-7H2,1-2H3. The number of hydrogen-bond acceptors (Lipinski definition) is 1. The van der Waals surface area contributed by atoms with Gasteiger partial charge in [0.05, 0.1) is 0 Å². The highest BCUT2D eigenvalue weighted by molar-refractivity contribution is 5.17. The normalized spacial score (nSPS) is 51.4. The Bertz CT molecular complexity index is 444. The maximum atomic E-state index is 12.7. The molecular formula is C17H25F3O. The van der Waals surface area contributed by atoms with Crippen LogP contribution in [0.1, 0.15) is 46.0 Å². The first kappa shape index (κ1) is 14.3. The Balaban J connectivity index is 1.58. The van der Waals surface area contributed by atoms with Gasteiger partial charge in [-0.1, -0.05) is 13.8 Å². The third kappa shape index (κ3) is 1.80. The van der Waals surface area contributed by atoms with Crippen LogP contribution in [0.4, 0.5) is 13.2 Å². The average Bonchev–Trinajstić information content (AvgIpc) is 3.06. The number of aliphatic hydroxyl groups excluding tert-OH is 1. The molecule has 4 saturated carbocycles. The van der Waals surface area contributed by atoms with Crippen LogP contribution in [0.5, 0.6) is 0 Å². The Kier molecular flexibility index (Phi) is 2.86. The van der Waals surface area contributed by atoms with Gasteiger partial charge >= 0.3 is 6.18 Å². The summed E-state index contributed by atoms with van der Waals surface area (Å²) in [6.07, 6.45) is -1.79. The van der Waals surface area contributed by atoms with Crippen LogP contribution in [0.25, 0.3) is 0 Å². The molecule has 21 heavy (non-hydrogen) atoms. The summed E-state index contributed by atoms with van der Waals surface area (Å²) in [4.78, 5) is 0. The van der Waals surface area contributed by atoms with Gasteiger partial charge < -0.3 is 5.11 Å². The molecule has 4 fully saturated rings. The fourth-order valence-electron chi connectivity index (χ4n) is 7.27. The molecule has 1 nitrogen and oxygen atoms in total. The van der Waals surface area contributed by atoms with Crippen molar-refractivity contribution >= 4 is 0 Å². The summed E-state index contributed by atoms with van der Waals surface area (Å²) < 4.78 is 38.1. The zero-order valence-electron chi connectivity index (χ0n) is 12.7. The Morgan fingerprint density at radius 1 is 1.10 bits per heavy atom. The molecule has 4 rings (SSSR count). The van der Waals surface area contributed by atoms with E-state index in [2.05, 4.69) is 13.8 Å². The number of halogens is 3. The maximum Gasteiger partial charge on any atom is 0.414 e. The lowest BCUT2D eigenvalue weighted by Crippen LogP contribution is -2.37. The second-order valence-corrected chi connectivity index (χ2v) is 8.73. The van der Waals surface area contributed by atoms with Crippen LogP contribution in [0.15, 0.2) is 0 Å². The third-order valence-corrected chi connectivity index (χ3v) is 7.71. The Labute approximate surface area is 124 Å². The number of hydrogen-bond donors (Lipinski definition) is 1. The van der Waals surface area contributed by atoms with Crippen molar-refractivity contribution in [3.05, 3.63) is 0 Å². The van der Waals surface area contributed by atoms with Crippen LogP contribution in [0, 0.1) is 46.8 Å². The quantitative estimate of drug-likeness (QED) is 0.756. The van der Waals surface area contributed by atoms with E-state index in [4.69, 9.17) is 0 Å². The molecule has 1 N–H and O–H groups in total. The molecule has 4 heteroatoms. The predicted octanol–water partition coefficient (Wildman–Crippen LogP) is 4.25. The molecule has 0 aromatic heterocycles. The van der Waals surface area contributed by atoms with Crippen molar-refractivity contribution in [2.75, 3.05) is 0 Å². The molecule has 0 aromatic rings. The minimum absolute atomic E-state index is 0.0715. The van der Waals surface area contributed by atoms with Gasteiger partial charge in [-0.05, 0) is 78.9 Å². The highest BCUT2D eigenvalue weighted by Gasteiger charge is 2.69. The molecular weight excluding hydrogens is 277 g/mol. The monoisotopic (exact) mass is 302 g/mol. The Morgan fingerprint density at radius 2 is 1.71 bits per heavy atom. The first-order chi connectivity index (χ1) is 9.71. The van der Waals surface area contributed by atoms with E-state index in [1.807, 2.05) is 0 Å². The first-order valence-corrected chi connectivity index (χ1v) is 8.46. The number of alkyl halides is 3. The zero-order valence-corrected chi connectivity index (χ0v) is 12.7. The van der Waals surface area contributed by atoms with Crippen molar-refractivity contribution in [3.8, 4) is 0 Å². The zero-order chi connectivity index (χ0) is 15.2. The Hall–Kier alpha value is -0.250. The highest BCUT2D eigenvalue weighted by atomic mass is 19.4. The van der Waals surface area contributed by atoms with Crippen LogP contribution in [0.3, 0.4) is 0 Å². The molecule has 0 saturated heterocycles. The summed E-state index contributed by atoms with van der Waals surface area (Å²) in [7, 11) is 0. The van der Waals surface area contributed by atoms with Crippen molar-refractivity contribution in [3.63, 3.8) is 0 Å². The van der Waals surface area contributed by atoms with Gasteiger partial charge in [-0.25, -0.2) is 0 Å². The molecule has 0 radical (unpaired) electrons. The summed E-state index contributed by atoms with van der Waals surface area (Å²) in [6, 6.07) is 0. The van der Waals surface area contributed by atoms with Crippen LogP contribution in [0.2, 0.25) is 0 Å². The molecule has 0 aliphatic heterocycles. The number of aliphatic hydroxyl groups is 1. The molecule has 0 heterocycles. The van der Waals surface area contributed by atoms with Crippen molar-refractivity contribution in [1.29, 1.82) is 0 Å². The van der Waals surface area contributed by atoms with Crippen molar-refractivity contribution in [1.82, 2.24) is 0 Å². The summed E-state index contributed by atoms with van der Waals surface area (Å²) in [6.45, 7) is 4.56. The van der Waals surface area contributed by atoms with Gasteiger partial charge in [0, 0.05) is 0 Å². The van der Waals surface area contributed by atoms with Crippen molar-refractivity contribution in [2.24, 2.45) is 46.8 Å². The van der Waals surface area contributed by atoms with Gasteiger partial charge in [0.25, 0.3) is 0 Å². The molecule has 4 aliphatic carbocycles. The van der Waals surface area contributed by atoms with E-state index >= 15 is 0 Å². The van der Waals surface area contributed by atoms with E-state index in [1.54, 1.807) is 0 Å². The van der Waals surface area contributed by atoms with Gasteiger partial charge in [-0.2, -0.15) is 13.2 Å². The van der Waals surface area contributed by atoms with Gasteiger partial charge in [0.1, 0.15) is 6.10 Å². The number of rotatable bonds is 2. The lowest BCUT2D eigenvalue weighted by molar-refractivity contribution is -0.210. The lowest BCUT2D eigenvalue weighted by Gasteiger charge is -2.39. The SMILES string of the molecule is CC1(C)C2CC(CC(O)C(F)(F)F)C1C1C3CCC(C3)C12. The third-order valence-electron chi connectivity index (χ3n) is 7.71. The van der Waals surface area contributed by atoms with Gasteiger partial charge in [0.2, 0.25) is 0 Å². The van der Waals surface area contributed by atoms with E-state index in [1.165, 1.54) is 19.3 Å². The minimum atomic E-state index is -4.46. The largest absolute Gasteiger partial charge is 0.414 e. The molecule has 4 bridgehead atoms. The summed E-state index contributed by atoms with van der Waals surface area (Å²) in [5, 5.41) is 9.49. The van der Waals surface area contributed by atoms with E-state index in [0.717, 1.165) is 24.2 Å². The molecule has 8 unspecified atom stereocenters. The molecule has 0 amide bonds. The average molecular weight is 302 g/mol. The van der Waals surface area contributed by atoms with Crippen molar-refractivity contribution < 1.29 is 18.3 Å². The fraction of sp³-hybridized carbons (Fsp3) is 1.00. The summed E-state index contributed by atoms with van der Waals surface area (Å²) >= 11 is 0. The molecule has 120 valence electrons. The van der Waals surface area contributed by atoms with Gasteiger partial charge in [0.15, 0.2) is 0 Å². The molecule has 0 aromatic carbocycles. The summed E-state index contributed by atoms with van der Waals surface area (Å²) in [5.41, 5.74) is 0.173. The van der Waals surface area contributed by atoms with E-state index in [0.29, 0.717) is 17.8 Å². The Morgan fingerprint density at radius 3 is 2.33 bits per heavy atom. The molecule has 0 spiro atoms. The van der Waals surface area contributed by atoms with Crippen molar-refractivity contribution in [2.45, 2.75) is 58.2 Å². The maximum absolute atomic E-state index is 12.7. The van der Waals surface area contributed by atoms with Crippen LogP contribution < -0.4 is 0 Å². The topological polar surface area (TPSA) is 20.2 Å². The van der Waals surface area contributed by atoms with E-state index < -0.39 is 12.3 Å². The van der Waals surface area contributed by atoms with E-state index in [9.17, 15) is 18.3 Å². The van der Waals surface area contributed by atoms with Crippen LogP contribution in [-0.2, 0) is 0 Å². The molecule has 4 aliphatic rings. The molecule has 8 atom stereocenters. The lowest BCUT2D eigenvalue weighted by atomic mass is 9.66. The smallest absolute Gasteiger partial charge is 0.384 e. The first-order valence-electron chi connectivity index (χ1n) is 8.46. The van der Waals surface area contributed by atoms with Gasteiger partial charge in [-0.15, -0.1) is 0 Å². The minimum Gasteiger partial charge on any atom is -0.384 e. The van der Waals surface area contributed by atoms with Crippen LogP contribution in [-0.4, -0.2) is 17.4 Å². The fourth-order valence-corrected chi connectivity index (χ4v) is 7.27.